The molecule has 4 nitrogen and oxygen atoms in total. The zero-order valence-electron chi connectivity index (χ0n) is 12.5. The first kappa shape index (κ1) is 15.0. The van der Waals surface area contributed by atoms with Crippen LogP contribution in [0.4, 0.5) is 16.0 Å². The third-order valence-corrected chi connectivity index (χ3v) is 3.50. The summed E-state index contributed by atoms with van der Waals surface area (Å²) in [4.78, 5) is 8.23. The number of hydrogen-bond acceptors (Lipinski definition) is 4. The van der Waals surface area contributed by atoms with Crippen molar-refractivity contribution in [1.82, 2.24) is 9.97 Å². The van der Waals surface area contributed by atoms with Crippen LogP contribution in [0.15, 0.2) is 60.9 Å². The maximum Gasteiger partial charge on any atom is 0.141 e. The average Bonchev–Trinajstić information content (AvgIpc) is 2.58. The van der Waals surface area contributed by atoms with Crippen LogP contribution >= 0.6 is 0 Å². The molecule has 0 saturated carbocycles. The highest BCUT2D eigenvalue weighted by molar-refractivity contribution is 5.45. The molecule has 116 valence electrons. The highest BCUT2D eigenvalue weighted by Crippen LogP contribution is 2.17. The molecule has 0 unspecified atom stereocenters. The number of rotatable bonds is 5. The van der Waals surface area contributed by atoms with Gasteiger partial charge in [-0.25, -0.2) is 14.4 Å². The van der Waals surface area contributed by atoms with Gasteiger partial charge in [-0.3, -0.25) is 0 Å². The van der Waals surface area contributed by atoms with Crippen molar-refractivity contribution in [3.63, 3.8) is 0 Å². The van der Waals surface area contributed by atoms with Crippen LogP contribution in [-0.4, -0.2) is 9.97 Å². The summed E-state index contributed by atoms with van der Waals surface area (Å²) in [5.74, 6) is 0.806. The Morgan fingerprint density at radius 3 is 2.52 bits per heavy atom. The SMILES string of the molecule is Nc1ncc(CNc2ccc(F)cn2)cc1Cc1ccccc1. The summed E-state index contributed by atoms with van der Waals surface area (Å²) < 4.78 is 12.8. The van der Waals surface area contributed by atoms with Gasteiger partial charge in [-0.15, -0.1) is 0 Å². The first-order valence-corrected chi connectivity index (χ1v) is 7.33. The number of nitrogen functional groups attached to an aromatic ring is 1. The van der Waals surface area contributed by atoms with Crippen LogP contribution in [-0.2, 0) is 13.0 Å². The fourth-order valence-electron chi connectivity index (χ4n) is 2.30. The number of aromatic nitrogens is 2. The standard InChI is InChI=1S/C18H17FN4/c19-16-6-7-17(22-12-16)21-10-14-9-15(18(20)23-11-14)8-13-4-2-1-3-5-13/h1-7,9,11-12H,8,10H2,(H2,20,23)(H,21,22). The Balaban J connectivity index is 1.71. The van der Waals surface area contributed by atoms with Gasteiger partial charge in [-0.1, -0.05) is 30.3 Å². The first-order valence-electron chi connectivity index (χ1n) is 7.33. The Morgan fingerprint density at radius 2 is 1.78 bits per heavy atom. The van der Waals surface area contributed by atoms with Gasteiger partial charge in [0.1, 0.15) is 17.5 Å². The number of pyridine rings is 2. The van der Waals surface area contributed by atoms with E-state index < -0.39 is 0 Å². The number of nitrogens with one attached hydrogen (secondary N) is 1. The molecule has 3 N–H and O–H groups in total. The van der Waals surface area contributed by atoms with E-state index in [1.54, 1.807) is 12.3 Å². The molecule has 0 aliphatic rings. The van der Waals surface area contributed by atoms with Crippen molar-refractivity contribution in [2.24, 2.45) is 0 Å². The van der Waals surface area contributed by atoms with E-state index in [0.717, 1.165) is 17.5 Å². The lowest BCUT2D eigenvalue weighted by Gasteiger charge is -2.09. The minimum absolute atomic E-state index is 0.352. The summed E-state index contributed by atoms with van der Waals surface area (Å²) in [6.07, 6.45) is 3.66. The normalized spacial score (nSPS) is 10.5. The molecule has 0 bridgehead atoms. The van der Waals surface area contributed by atoms with Crippen LogP contribution < -0.4 is 11.1 Å². The van der Waals surface area contributed by atoms with Gasteiger partial charge in [0.25, 0.3) is 0 Å². The molecule has 0 aliphatic carbocycles. The number of halogens is 1. The molecule has 2 heterocycles. The molecule has 1 aromatic carbocycles. The van der Waals surface area contributed by atoms with E-state index in [0.29, 0.717) is 18.2 Å². The minimum atomic E-state index is -0.352. The highest BCUT2D eigenvalue weighted by atomic mass is 19.1. The molecule has 0 spiro atoms. The molecule has 0 amide bonds. The van der Waals surface area contributed by atoms with E-state index in [9.17, 15) is 4.39 Å². The Hall–Kier alpha value is -2.95. The van der Waals surface area contributed by atoms with Gasteiger partial charge in [-0.2, -0.15) is 0 Å². The van der Waals surface area contributed by atoms with Gasteiger partial charge in [0.2, 0.25) is 0 Å². The zero-order valence-corrected chi connectivity index (χ0v) is 12.5. The van der Waals surface area contributed by atoms with E-state index in [4.69, 9.17) is 5.73 Å². The van der Waals surface area contributed by atoms with Crippen molar-refractivity contribution in [2.45, 2.75) is 13.0 Å². The maximum absolute atomic E-state index is 12.8. The molecule has 23 heavy (non-hydrogen) atoms. The van der Waals surface area contributed by atoms with Gasteiger partial charge in [0, 0.05) is 19.2 Å². The molecule has 0 aliphatic heterocycles. The van der Waals surface area contributed by atoms with Crippen LogP contribution in [0.1, 0.15) is 16.7 Å². The van der Waals surface area contributed by atoms with Crippen molar-refractivity contribution in [3.05, 3.63) is 83.4 Å². The van der Waals surface area contributed by atoms with Gasteiger partial charge < -0.3 is 11.1 Å². The monoisotopic (exact) mass is 308 g/mol. The molecule has 3 rings (SSSR count). The maximum atomic E-state index is 12.8. The lowest BCUT2D eigenvalue weighted by Crippen LogP contribution is -2.05. The predicted molar refractivity (Wildman–Crippen MR) is 89.4 cm³/mol. The van der Waals surface area contributed by atoms with Gasteiger partial charge in [0.15, 0.2) is 0 Å². The first-order chi connectivity index (χ1) is 11.2. The average molecular weight is 308 g/mol. The van der Waals surface area contributed by atoms with Crippen LogP contribution in [0, 0.1) is 5.82 Å². The summed E-state index contributed by atoms with van der Waals surface area (Å²) in [6.45, 7) is 0.549. The number of nitrogens with zero attached hydrogens (tertiary/aromatic N) is 2. The zero-order chi connectivity index (χ0) is 16.1. The Kier molecular flexibility index (Phi) is 4.47. The second kappa shape index (κ2) is 6.87. The van der Waals surface area contributed by atoms with Crippen LogP contribution in [0.3, 0.4) is 0 Å². The molecule has 0 saturated heterocycles. The fourth-order valence-corrected chi connectivity index (χ4v) is 2.30. The lowest BCUT2D eigenvalue weighted by molar-refractivity contribution is 0.621. The molecular weight excluding hydrogens is 291 g/mol. The fraction of sp³-hybridized carbons (Fsp3) is 0.111. The summed E-state index contributed by atoms with van der Waals surface area (Å²) >= 11 is 0. The Morgan fingerprint density at radius 1 is 0.957 bits per heavy atom. The summed E-state index contributed by atoms with van der Waals surface area (Å²) in [5, 5.41) is 3.14. The molecule has 3 aromatic rings. The molecule has 0 atom stereocenters. The second-order valence-corrected chi connectivity index (χ2v) is 5.27. The summed E-state index contributed by atoms with van der Waals surface area (Å²) in [7, 11) is 0. The third kappa shape index (κ3) is 4.03. The molecule has 0 fully saturated rings. The van der Waals surface area contributed by atoms with Crippen LogP contribution in [0.2, 0.25) is 0 Å². The van der Waals surface area contributed by atoms with Crippen molar-refractivity contribution in [3.8, 4) is 0 Å². The van der Waals surface area contributed by atoms with E-state index in [-0.39, 0.29) is 5.82 Å². The number of benzene rings is 1. The highest BCUT2D eigenvalue weighted by Gasteiger charge is 2.05. The predicted octanol–water partition coefficient (Wildman–Crippen LogP) is 3.40. The summed E-state index contributed by atoms with van der Waals surface area (Å²) in [5.41, 5.74) is 9.15. The van der Waals surface area contributed by atoms with E-state index in [1.807, 2.05) is 24.3 Å². The number of anilines is 2. The topological polar surface area (TPSA) is 63.8 Å². The van der Waals surface area contributed by atoms with Crippen LogP contribution in [0.25, 0.3) is 0 Å². The van der Waals surface area contributed by atoms with E-state index in [2.05, 4.69) is 27.4 Å². The van der Waals surface area contributed by atoms with Crippen molar-refractivity contribution in [1.29, 1.82) is 0 Å². The van der Waals surface area contributed by atoms with E-state index in [1.165, 1.54) is 17.8 Å². The van der Waals surface area contributed by atoms with Gasteiger partial charge >= 0.3 is 0 Å². The molecule has 0 radical (unpaired) electrons. The van der Waals surface area contributed by atoms with Gasteiger partial charge in [0.05, 0.1) is 6.20 Å². The van der Waals surface area contributed by atoms with Crippen molar-refractivity contribution < 1.29 is 4.39 Å². The number of nitrogens with two attached hydrogens (primary N) is 1. The molecular formula is C18H17FN4. The van der Waals surface area contributed by atoms with E-state index >= 15 is 0 Å². The largest absolute Gasteiger partial charge is 0.383 e. The Bertz CT molecular complexity index is 773. The summed E-state index contributed by atoms with van der Waals surface area (Å²) in [6, 6.07) is 15.1. The third-order valence-electron chi connectivity index (χ3n) is 3.50. The van der Waals surface area contributed by atoms with Crippen molar-refractivity contribution in [2.75, 3.05) is 11.1 Å². The minimum Gasteiger partial charge on any atom is -0.383 e. The second-order valence-electron chi connectivity index (χ2n) is 5.27. The Labute approximate surface area is 134 Å². The van der Waals surface area contributed by atoms with Gasteiger partial charge in [-0.05, 0) is 34.9 Å². The van der Waals surface area contributed by atoms with Crippen molar-refractivity contribution >= 4 is 11.6 Å². The lowest BCUT2D eigenvalue weighted by atomic mass is 10.0. The van der Waals surface area contributed by atoms with Crippen LogP contribution in [0.5, 0.6) is 0 Å². The smallest absolute Gasteiger partial charge is 0.141 e. The quantitative estimate of drug-likeness (QED) is 0.758. The number of hydrogen-bond donors (Lipinski definition) is 2. The molecule has 2 aromatic heterocycles. The molecule has 5 heteroatoms.